The highest BCUT2D eigenvalue weighted by molar-refractivity contribution is 6.04. The number of nitrogens with one attached hydrogen (secondary N) is 1. The SMILES string of the molecule is CN1CCN(c2ccc(C(=O)Nc3cccnc3)cn2)CC1. The van der Waals surface area contributed by atoms with Crippen molar-refractivity contribution in [3.63, 3.8) is 0 Å². The molecule has 0 atom stereocenters. The minimum atomic E-state index is -0.176. The minimum absolute atomic E-state index is 0.176. The van der Waals surface area contributed by atoms with Crippen molar-refractivity contribution in [1.29, 1.82) is 0 Å². The van der Waals surface area contributed by atoms with Crippen molar-refractivity contribution < 1.29 is 4.79 Å². The van der Waals surface area contributed by atoms with E-state index in [1.165, 1.54) is 0 Å². The van der Waals surface area contributed by atoms with Gasteiger partial charge in [-0.05, 0) is 31.3 Å². The largest absolute Gasteiger partial charge is 0.354 e. The second-order valence-corrected chi connectivity index (χ2v) is 5.39. The van der Waals surface area contributed by atoms with Gasteiger partial charge in [-0.3, -0.25) is 9.78 Å². The van der Waals surface area contributed by atoms with Gasteiger partial charge in [0.1, 0.15) is 5.82 Å². The number of nitrogens with zero attached hydrogens (tertiary/aromatic N) is 4. The molecule has 1 fully saturated rings. The van der Waals surface area contributed by atoms with Crippen molar-refractivity contribution in [3.05, 3.63) is 48.4 Å². The van der Waals surface area contributed by atoms with Gasteiger partial charge in [0.2, 0.25) is 0 Å². The number of aromatic nitrogens is 2. The quantitative estimate of drug-likeness (QED) is 0.930. The Morgan fingerprint density at radius 2 is 1.95 bits per heavy atom. The summed E-state index contributed by atoms with van der Waals surface area (Å²) in [7, 11) is 2.12. The van der Waals surface area contributed by atoms with Crippen LogP contribution in [0.1, 0.15) is 10.4 Å². The van der Waals surface area contributed by atoms with Crippen LogP contribution >= 0.6 is 0 Å². The van der Waals surface area contributed by atoms with Crippen molar-refractivity contribution in [2.24, 2.45) is 0 Å². The molecule has 2 aromatic rings. The molecule has 0 unspecified atom stereocenters. The lowest BCUT2D eigenvalue weighted by atomic mass is 10.2. The number of carbonyl (C=O) groups is 1. The molecule has 22 heavy (non-hydrogen) atoms. The average Bonchev–Trinajstić information content (AvgIpc) is 2.57. The molecule has 114 valence electrons. The van der Waals surface area contributed by atoms with E-state index in [1.807, 2.05) is 12.1 Å². The van der Waals surface area contributed by atoms with E-state index in [0.29, 0.717) is 11.3 Å². The van der Waals surface area contributed by atoms with Crippen LogP contribution in [0.2, 0.25) is 0 Å². The van der Waals surface area contributed by atoms with Crippen LogP contribution < -0.4 is 10.2 Å². The van der Waals surface area contributed by atoms with Crippen LogP contribution in [-0.2, 0) is 0 Å². The van der Waals surface area contributed by atoms with Gasteiger partial charge in [-0.15, -0.1) is 0 Å². The summed E-state index contributed by atoms with van der Waals surface area (Å²) < 4.78 is 0. The third kappa shape index (κ3) is 3.40. The Morgan fingerprint density at radius 1 is 1.14 bits per heavy atom. The maximum Gasteiger partial charge on any atom is 0.257 e. The van der Waals surface area contributed by atoms with Crippen molar-refractivity contribution in [2.45, 2.75) is 0 Å². The van der Waals surface area contributed by atoms with E-state index in [9.17, 15) is 4.79 Å². The number of hydrogen-bond donors (Lipinski definition) is 1. The van der Waals surface area contributed by atoms with Gasteiger partial charge in [-0.25, -0.2) is 4.98 Å². The molecule has 1 saturated heterocycles. The van der Waals surface area contributed by atoms with Crippen molar-refractivity contribution in [3.8, 4) is 0 Å². The molecule has 1 aliphatic heterocycles. The molecule has 0 radical (unpaired) electrons. The van der Waals surface area contributed by atoms with E-state index < -0.39 is 0 Å². The first-order valence-electron chi connectivity index (χ1n) is 7.33. The molecule has 2 aromatic heterocycles. The Balaban J connectivity index is 1.65. The second kappa shape index (κ2) is 6.53. The summed E-state index contributed by atoms with van der Waals surface area (Å²) in [6.07, 6.45) is 4.91. The van der Waals surface area contributed by atoms with E-state index in [0.717, 1.165) is 32.0 Å². The van der Waals surface area contributed by atoms with Gasteiger partial charge in [0, 0.05) is 38.6 Å². The van der Waals surface area contributed by atoms with Crippen molar-refractivity contribution in [1.82, 2.24) is 14.9 Å². The molecule has 3 rings (SSSR count). The van der Waals surface area contributed by atoms with Gasteiger partial charge in [-0.2, -0.15) is 0 Å². The number of piperazine rings is 1. The molecule has 1 aliphatic rings. The standard InChI is InChI=1S/C16H19N5O/c1-20-7-9-21(10-8-20)15-5-4-13(11-18-15)16(22)19-14-3-2-6-17-12-14/h2-6,11-12H,7-10H2,1H3,(H,19,22). The predicted molar refractivity (Wildman–Crippen MR) is 86.1 cm³/mol. The van der Waals surface area contributed by atoms with Gasteiger partial charge in [0.15, 0.2) is 0 Å². The van der Waals surface area contributed by atoms with Gasteiger partial charge in [0.25, 0.3) is 5.91 Å². The molecule has 6 nitrogen and oxygen atoms in total. The van der Waals surface area contributed by atoms with E-state index >= 15 is 0 Å². The van der Waals surface area contributed by atoms with Crippen molar-refractivity contribution >= 4 is 17.4 Å². The van der Waals surface area contributed by atoms with Gasteiger partial charge in [-0.1, -0.05) is 0 Å². The normalized spacial score (nSPS) is 15.6. The topological polar surface area (TPSA) is 61.4 Å². The fourth-order valence-electron chi connectivity index (χ4n) is 2.38. The van der Waals surface area contributed by atoms with Crippen LogP contribution in [0.25, 0.3) is 0 Å². The number of likely N-dealkylation sites (N-methyl/N-ethyl adjacent to an activating group) is 1. The van der Waals surface area contributed by atoms with Gasteiger partial charge < -0.3 is 15.1 Å². The van der Waals surface area contributed by atoms with E-state index in [2.05, 4.69) is 32.1 Å². The lowest BCUT2D eigenvalue weighted by Gasteiger charge is -2.33. The Morgan fingerprint density at radius 3 is 2.59 bits per heavy atom. The molecule has 1 N–H and O–H groups in total. The molecule has 0 aliphatic carbocycles. The monoisotopic (exact) mass is 297 g/mol. The summed E-state index contributed by atoms with van der Waals surface area (Å²) in [6, 6.07) is 7.30. The summed E-state index contributed by atoms with van der Waals surface area (Å²) in [5.41, 5.74) is 1.22. The number of pyridine rings is 2. The number of rotatable bonds is 3. The van der Waals surface area contributed by atoms with Crippen LogP contribution in [0.15, 0.2) is 42.9 Å². The molecular formula is C16H19N5O. The zero-order valence-electron chi connectivity index (χ0n) is 12.6. The van der Waals surface area contributed by atoms with Crippen LogP contribution in [0.4, 0.5) is 11.5 Å². The summed E-state index contributed by atoms with van der Waals surface area (Å²) in [6.45, 7) is 3.99. The molecular weight excluding hydrogens is 278 g/mol. The molecule has 1 amide bonds. The lowest BCUT2D eigenvalue weighted by molar-refractivity contribution is 0.102. The molecule has 0 spiro atoms. The summed E-state index contributed by atoms with van der Waals surface area (Å²) in [5.74, 6) is 0.747. The van der Waals surface area contributed by atoms with Gasteiger partial charge >= 0.3 is 0 Å². The lowest BCUT2D eigenvalue weighted by Crippen LogP contribution is -2.44. The number of hydrogen-bond acceptors (Lipinski definition) is 5. The maximum absolute atomic E-state index is 12.1. The zero-order valence-corrected chi connectivity index (χ0v) is 12.6. The van der Waals surface area contributed by atoms with Crippen LogP contribution in [0.3, 0.4) is 0 Å². The predicted octanol–water partition coefficient (Wildman–Crippen LogP) is 1.48. The zero-order chi connectivity index (χ0) is 15.4. The summed E-state index contributed by atoms with van der Waals surface area (Å²) in [5, 5.41) is 2.80. The molecule has 0 bridgehead atoms. The highest BCUT2D eigenvalue weighted by atomic mass is 16.1. The fraction of sp³-hybridized carbons (Fsp3) is 0.312. The third-order valence-electron chi connectivity index (χ3n) is 3.76. The second-order valence-electron chi connectivity index (χ2n) is 5.39. The van der Waals surface area contributed by atoms with Gasteiger partial charge in [0.05, 0.1) is 17.4 Å². The number of amides is 1. The average molecular weight is 297 g/mol. The molecule has 0 saturated carbocycles. The van der Waals surface area contributed by atoms with Crippen molar-refractivity contribution in [2.75, 3.05) is 43.4 Å². The van der Waals surface area contributed by atoms with E-state index in [4.69, 9.17) is 0 Å². The summed E-state index contributed by atoms with van der Waals surface area (Å²) >= 11 is 0. The fourth-order valence-corrected chi connectivity index (χ4v) is 2.38. The first-order valence-corrected chi connectivity index (χ1v) is 7.33. The van der Waals surface area contributed by atoms with E-state index in [-0.39, 0.29) is 5.91 Å². The Kier molecular flexibility index (Phi) is 4.29. The minimum Gasteiger partial charge on any atom is -0.354 e. The number of carbonyl (C=O) groups excluding carboxylic acids is 1. The van der Waals surface area contributed by atoms with Crippen LogP contribution in [0.5, 0.6) is 0 Å². The first-order chi connectivity index (χ1) is 10.7. The smallest absolute Gasteiger partial charge is 0.257 e. The van der Waals surface area contributed by atoms with Crippen LogP contribution in [0, 0.1) is 0 Å². The third-order valence-corrected chi connectivity index (χ3v) is 3.76. The first kappa shape index (κ1) is 14.5. The summed E-state index contributed by atoms with van der Waals surface area (Å²) in [4.78, 5) is 25.1. The Labute approximate surface area is 129 Å². The molecule has 0 aromatic carbocycles. The van der Waals surface area contributed by atoms with E-state index in [1.54, 1.807) is 30.7 Å². The highest BCUT2D eigenvalue weighted by Gasteiger charge is 2.15. The molecule has 3 heterocycles. The van der Waals surface area contributed by atoms with Crippen LogP contribution in [-0.4, -0.2) is 54.0 Å². The highest BCUT2D eigenvalue weighted by Crippen LogP contribution is 2.14. The maximum atomic E-state index is 12.1. The number of anilines is 2. The Bertz CT molecular complexity index is 621. The molecule has 6 heteroatoms. The Hall–Kier alpha value is -2.47.